The molecule has 0 radical (unpaired) electrons. The second-order valence-electron chi connectivity index (χ2n) is 5.27. The minimum Gasteiger partial charge on any atom is -0.378 e. The van der Waals surface area contributed by atoms with Crippen LogP contribution in [0, 0.1) is 0 Å². The quantitative estimate of drug-likeness (QED) is 0.889. The van der Waals surface area contributed by atoms with E-state index in [0.717, 1.165) is 17.1 Å². The van der Waals surface area contributed by atoms with Crippen molar-refractivity contribution in [1.82, 2.24) is 0 Å². The van der Waals surface area contributed by atoms with E-state index in [9.17, 15) is 4.79 Å². The van der Waals surface area contributed by atoms with Crippen LogP contribution in [0.2, 0.25) is 0 Å². The second kappa shape index (κ2) is 7.50. The van der Waals surface area contributed by atoms with Crippen molar-refractivity contribution in [2.24, 2.45) is 0 Å². The summed E-state index contributed by atoms with van der Waals surface area (Å²) in [7, 11) is 4.01. The molecule has 2 rings (SSSR count). The molecule has 0 saturated heterocycles. The van der Waals surface area contributed by atoms with E-state index < -0.39 is 0 Å². The molecule has 1 amide bonds. The lowest BCUT2D eigenvalue weighted by molar-refractivity contribution is -0.116. The number of benzene rings is 2. The van der Waals surface area contributed by atoms with E-state index in [1.165, 1.54) is 0 Å². The summed E-state index contributed by atoms with van der Waals surface area (Å²) in [4.78, 5) is 16.2. The Labute approximate surface area is 132 Å². The highest BCUT2D eigenvalue weighted by Gasteiger charge is 2.12. The van der Waals surface area contributed by atoms with Gasteiger partial charge in [-0.25, -0.2) is 0 Å². The fourth-order valence-electron chi connectivity index (χ4n) is 2.26. The molecule has 0 aliphatic carbocycles. The Bertz CT molecular complexity index is 593. The average molecular weight is 297 g/mol. The van der Waals surface area contributed by atoms with Crippen LogP contribution in [0.15, 0.2) is 54.6 Å². The predicted octanol–water partition coefficient (Wildman–Crippen LogP) is 3.22. The van der Waals surface area contributed by atoms with Gasteiger partial charge >= 0.3 is 0 Å². The molecule has 0 unspecified atom stereocenters. The summed E-state index contributed by atoms with van der Waals surface area (Å²) >= 11 is 0. The first-order valence-electron chi connectivity index (χ1n) is 7.48. The van der Waals surface area contributed by atoms with Gasteiger partial charge in [0.25, 0.3) is 0 Å². The first kappa shape index (κ1) is 15.9. The first-order valence-corrected chi connectivity index (χ1v) is 7.48. The van der Waals surface area contributed by atoms with Gasteiger partial charge in [-0.05, 0) is 43.3 Å². The van der Waals surface area contributed by atoms with E-state index >= 15 is 0 Å². The van der Waals surface area contributed by atoms with Gasteiger partial charge in [0.1, 0.15) is 0 Å². The van der Waals surface area contributed by atoms with Gasteiger partial charge in [-0.1, -0.05) is 18.2 Å². The van der Waals surface area contributed by atoms with Gasteiger partial charge in [-0.15, -0.1) is 0 Å². The number of amides is 1. The van der Waals surface area contributed by atoms with Crippen molar-refractivity contribution in [2.75, 3.05) is 42.3 Å². The molecule has 22 heavy (non-hydrogen) atoms. The van der Waals surface area contributed by atoms with Crippen molar-refractivity contribution >= 4 is 23.0 Å². The van der Waals surface area contributed by atoms with Crippen LogP contribution in [-0.2, 0) is 4.79 Å². The van der Waals surface area contributed by atoms with Crippen molar-refractivity contribution in [1.29, 1.82) is 0 Å². The van der Waals surface area contributed by atoms with E-state index in [-0.39, 0.29) is 12.5 Å². The molecule has 0 fully saturated rings. The lowest BCUT2D eigenvalue weighted by atomic mass is 10.2. The molecule has 116 valence electrons. The number of hydrogen-bond acceptors (Lipinski definition) is 3. The summed E-state index contributed by atoms with van der Waals surface area (Å²) in [5.74, 6) is 0.0605. The number of likely N-dealkylation sites (N-methyl/N-ethyl adjacent to an activating group) is 1. The maximum Gasteiger partial charge on any atom is 0.246 e. The molecule has 4 heteroatoms. The minimum atomic E-state index is 0.0605. The highest BCUT2D eigenvalue weighted by atomic mass is 16.2. The van der Waals surface area contributed by atoms with Gasteiger partial charge in [-0.3, -0.25) is 4.79 Å². The minimum absolute atomic E-state index is 0.0605. The van der Waals surface area contributed by atoms with Crippen LogP contribution in [-0.4, -0.2) is 33.1 Å². The zero-order chi connectivity index (χ0) is 15.9. The van der Waals surface area contributed by atoms with Crippen molar-refractivity contribution in [3.05, 3.63) is 54.6 Å². The van der Waals surface area contributed by atoms with Gasteiger partial charge in [-0.2, -0.15) is 0 Å². The van der Waals surface area contributed by atoms with E-state index in [1.807, 2.05) is 80.5 Å². The molecule has 2 aromatic rings. The summed E-state index contributed by atoms with van der Waals surface area (Å²) in [6, 6.07) is 17.8. The first-order chi connectivity index (χ1) is 10.6. The van der Waals surface area contributed by atoms with Gasteiger partial charge < -0.3 is 15.1 Å². The van der Waals surface area contributed by atoms with Crippen LogP contribution in [0.5, 0.6) is 0 Å². The third kappa shape index (κ3) is 4.01. The number of hydrogen-bond donors (Lipinski definition) is 1. The highest BCUT2D eigenvalue weighted by molar-refractivity contribution is 5.96. The summed E-state index contributed by atoms with van der Waals surface area (Å²) in [5, 5.41) is 3.19. The molecule has 0 saturated carbocycles. The monoisotopic (exact) mass is 297 g/mol. The molecule has 0 aliphatic heterocycles. The molecule has 0 aromatic heterocycles. The Balaban J connectivity index is 1.96. The summed E-state index contributed by atoms with van der Waals surface area (Å²) in [6.07, 6.45) is 0. The topological polar surface area (TPSA) is 35.6 Å². The molecule has 0 bridgehead atoms. The molecular weight excluding hydrogens is 274 g/mol. The predicted molar refractivity (Wildman–Crippen MR) is 93.7 cm³/mol. The summed E-state index contributed by atoms with van der Waals surface area (Å²) in [6.45, 7) is 2.92. The lowest BCUT2D eigenvalue weighted by Crippen LogP contribution is -2.35. The Morgan fingerprint density at radius 3 is 2.14 bits per heavy atom. The molecular formula is C18H23N3O. The number of carbonyl (C=O) groups excluding carboxylic acids is 1. The van der Waals surface area contributed by atoms with Crippen LogP contribution >= 0.6 is 0 Å². The maximum atomic E-state index is 12.4. The number of carbonyl (C=O) groups is 1. The van der Waals surface area contributed by atoms with Crippen molar-refractivity contribution in [3.63, 3.8) is 0 Å². The SMILES string of the molecule is CCN(C(=O)CNc1ccc(N(C)C)cc1)c1ccccc1. The van der Waals surface area contributed by atoms with Gasteiger partial charge in [0, 0.05) is 37.7 Å². The van der Waals surface area contributed by atoms with Crippen LogP contribution in [0.25, 0.3) is 0 Å². The van der Waals surface area contributed by atoms with E-state index in [2.05, 4.69) is 5.32 Å². The molecule has 0 spiro atoms. The van der Waals surface area contributed by atoms with E-state index in [1.54, 1.807) is 4.90 Å². The molecule has 1 N–H and O–H groups in total. The maximum absolute atomic E-state index is 12.4. The highest BCUT2D eigenvalue weighted by Crippen LogP contribution is 2.16. The average Bonchev–Trinajstić information content (AvgIpc) is 2.55. The van der Waals surface area contributed by atoms with Gasteiger partial charge in [0.15, 0.2) is 0 Å². The van der Waals surface area contributed by atoms with Crippen LogP contribution in [0.1, 0.15) is 6.92 Å². The molecule has 0 atom stereocenters. The molecule has 0 heterocycles. The van der Waals surface area contributed by atoms with Crippen molar-refractivity contribution in [3.8, 4) is 0 Å². The van der Waals surface area contributed by atoms with Crippen LogP contribution in [0.4, 0.5) is 17.1 Å². The largest absolute Gasteiger partial charge is 0.378 e. The standard InChI is InChI=1S/C18H23N3O/c1-4-21(17-8-6-5-7-9-17)18(22)14-19-15-10-12-16(13-11-15)20(2)3/h5-13,19H,4,14H2,1-3H3. The summed E-state index contributed by atoms with van der Waals surface area (Å²) in [5.41, 5.74) is 3.01. The van der Waals surface area contributed by atoms with Gasteiger partial charge in [0.05, 0.1) is 6.54 Å². The van der Waals surface area contributed by atoms with E-state index in [4.69, 9.17) is 0 Å². The molecule has 0 aliphatic rings. The lowest BCUT2D eigenvalue weighted by Gasteiger charge is -2.21. The second-order valence-corrected chi connectivity index (χ2v) is 5.27. The number of anilines is 3. The fourth-order valence-corrected chi connectivity index (χ4v) is 2.26. The van der Waals surface area contributed by atoms with E-state index in [0.29, 0.717) is 6.54 Å². The molecule has 4 nitrogen and oxygen atoms in total. The Morgan fingerprint density at radius 2 is 1.59 bits per heavy atom. The van der Waals surface area contributed by atoms with Crippen molar-refractivity contribution in [2.45, 2.75) is 6.92 Å². The Morgan fingerprint density at radius 1 is 0.955 bits per heavy atom. The number of para-hydroxylation sites is 1. The van der Waals surface area contributed by atoms with Crippen molar-refractivity contribution < 1.29 is 4.79 Å². The number of rotatable bonds is 6. The normalized spacial score (nSPS) is 10.1. The number of nitrogens with zero attached hydrogens (tertiary/aromatic N) is 2. The van der Waals surface area contributed by atoms with Crippen LogP contribution in [0.3, 0.4) is 0 Å². The van der Waals surface area contributed by atoms with Gasteiger partial charge in [0.2, 0.25) is 5.91 Å². The fraction of sp³-hybridized carbons (Fsp3) is 0.278. The van der Waals surface area contributed by atoms with Crippen LogP contribution < -0.4 is 15.1 Å². The zero-order valence-corrected chi connectivity index (χ0v) is 13.4. The smallest absolute Gasteiger partial charge is 0.246 e. The Hall–Kier alpha value is -2.49. The third-order valence-corrected chi connectivity index (χ3v) is 3.51. The number of nitrogens with one attached hydrogen (secondary N) is 1. The third-order valence-electron chi connectivity index (χ3n) is 3.51. The molecule has 2 aromatic carbocycles. The zero-order valence-electron chi connectivity index (χ0n) is 13.4. The Kier molecular flexibility index (Phi) is 5.42. The summed E-state index contributed by atoms with van der Waals surface area (Å²) < 4.78 is 0.